The lowest BCUT2D eigenvalue weighted by atomic mass is 10.2. The normalized spacial score (nSPS) is 10.2. The number of aliphatic carboxylic acids is 1. The molecule has 0 atom stereocenters. The zero-order valence-corrected chi connectivity index (χ0v) is 9.61. The molecule has 0 saturated heterocycles. The maximum absolute atomic E-state index is 11.7. The smallest absolute Gasteiger partial charge is 0.303 e. The van der Waals surface area contributed by atoms with Crippen molar-refractivity contribution in [1.29, 1.82) is 0 Å². The van der Waals surface area contributed by atoms with E-state index < -0.39 is 5.97 Å². The predicted molar refractivity (Wildman–Crippen MR) is 65.8 cm³/mol. The summed E-state index contributed by atoms with van der Waals surface area (Å²) in [5, 5.41) is 12.8. The summed E-state index contributed by atoms with van der Waals surface area (Å²) in [6.45, 7) is 0. The van der Waals surface area contributed by atoms with Gasteiger partial charge in [0.25, 0.3) is 5.56 Å². The molecule has 1 aromatic heterocycles. The summed E-state index contributed by atoms with van der Waals surface area (Å²) in [6.07, 6.45) is 0.308. The number of nitrogens with zero attached hydrogens (tertiary/aromatic N) is 2. The molecule has 0 saturated carbocycles. The molecule has 2 aromatic rings. The van der Waals surface area contributed by atoms with Gasteiger partial charge in [0.2, 0.25) is 0 Å². The number of hydrogen-bond acceptors (Lipinski definition) is 3. The number of rotatable bonds is 4. The van der Waals surface area contributed by atoms with E-state index in [9.17, 15) is 9.59 Å². The zero-order valence-electron chi connectivity index (χ0n) is 9.61. The summed E-state index contributed by atoms with van der Waals surface area (Å²) >= 11 is 0. The summed E-state index contributed by atoms with van der Waals surface area (Å²) in [7, 11) is 0. The Hall–Kier alpha value is -2.43. The van der Waals surface area contributed by atoms with Crippen LogP contribution in [0.5, 0.6) is 0 Å². The highest BCUT2D eigenvalue weighted by atomic mass is 16.4. The molecule has 0 fully saturated rings. The van der Waals surface area contributed by atoms with E-state index in [2.05, 4.69) is 5.10 Å². The molecular formula is C13H12N2O3. The van der Waals surface area contributed by atoms with Gasteiger partial charge in [-0.3, -0.25) is 9.59 Å². The summed E-state index contributed by atoms with van der Waals surface area (Å²) < 4.78 is 1.27. The Bertz CT molecular complexity index is 605. The van der Waals surface area contributed by atoms with Crippen LogP contribution in [-0.2, 0) is 11.2 Å². The molecule has 1 heterocycles. The average Bonchev–Trinajstić information content (AvgIpc) is 2.38. The molecule has 2 rings (SSSR count). The van der Waals surface area contributed by atoms with E-state index in [0.717, 1.165) is 0 Å². The monoisotopic (exact) mass is 244 g/mol. The van der Waals surface area contributed by atoms with Crippen LogP contribution in [0.2, 0.25) is 0 Å². The molecule has 0 aliphatic rings. The number of para-hydroxylation sites is 1. The quantitative estimate of drug-likeness (QED) is 0.878. The molecular weight excluding hydrogens is 232 g/mol. The number of aromatic nitrogens is 2. The van der Waals surface area contributed by atoms with Crippen LogP contribution in [0.3, 0.4) is 0 Å². The molecule has 0 radical (unpaired) electrons. The Labute approximate surface area is 103 Å². The Kier molecular flexibility index (Phi) is 3.52. The van der Waals surface area contributed by atoms with Crippen molar-refractivity contribution in [2.75, 3.05) is 0 Å². The predicted octanol–water partition coefficient (Wildman–Crippen LogP) is 1.25. The van der Waals surface area contributed by atoms with Crippen molar-refractivity contribution < 1.29 is 9.90 Å². The van der Waals surface area contributed by atoms with Gasteiger partial charge >= 0.3 is 5.97 Å². The van der Waals surface area contributed by atoms with E-state index >= 15 is 0 Å². The van der Waals surface area contributed by atoms with E-state index in [4.69, 9.17) is 5.11 Å². The van der Waals surface area contributed by atoms with Crippen LogP contribution in [-0.4, -0.2) is 20.9 Å². The minimum atomic E-state index is -0.880. The van der Waals surface area contributed by atoms with Gasteiger partial charge < -0.3 is 5.11 Å². The van der Waals surface area contributed by atoms with Crippen LogP contribution < -0.4 is 5.56 Å². The van der Waals surface area contributed by atoms with Crippen LogP contribution in [0, 0.1) is 0 Å². The van der Waals surface area contributed by atoms with Gasteiger partial charge in [0.15, 0.2) is 0 Å². The van der Waals surface area contributed by atoms with E-state index in [1.54, 1.807) is 18.2 Å². The number of carboxylic acids is 1. The van der Waals surface area contributed by atoms with E-state index in [0.29, 0.717) is 17.8 Å². The second kappa shape index (κ2) is 5.27. The maximum Gasteiger partial charge on any atom is 0.303 e. The highest BCUT2D eigenvalue weighted by Gasteiger charge is 2.04. The first-order valence-corrected chi connectivity index (χ1v) is 5.53. The topological polar surface area (TPSA) is 72.2 Å². The van der Waals surface area contributed by atoms with Crippen LogP contribution in [0.25, 0.3) is 5.69 Å². The van der Waals surface area contributed by atoms with Crippen LogP contribution in [0.15, 0.2) is 47.3 Å². The Balaban J connectivity index is 2.33. The third-order valence-electron chi connectivity index (χ3n) is 2.45. The maximum atomic E-state index is 11.7. The molecule has 0 spiro atoms. The van der Waals surface area contributed by atoms with Crippen LogP contribution in [0.1, 0.15) is 12.1 Å². The van der Waals surface area contributed by atoms with Crippen molar-refractivity contribution in [3.8, 4) is 5.69 Å². The van der Waals surface area contributed by atoms with Gasteiger partial charge in [0.05, 0.1) is 17.8 Å². The minimum absolute atomic E-state index is 0.00000646. The van der Waals surface area contributed by atoms with Gasteiger partial charge in [-0.25, -0.2) is 0 Å². The van der Waals surface area contributed by atoms with Crippen molar-refractivity contribution >= 4 is 5.97 Å². The van der Waals surface area contributed by atoms with Gasteiger partial charge in [-0.2, -0.15) is 9.78 Å². The molecule has 0 bridgehead atoms. The second-order valence-electron chi connectivity index (χ2n) is 3.80. The Morgan fingerprint density at radius 1 is 1.17 bits per heavy atom. The highest BCUT2D eigenvalue weighted by molar-refractivity contribution is 5.66. The average molecular weight is 244 g/mol. The van der Waals surface area contributed by atoms with Gasteiger partial charge in [-0.05, 0) is 18.2 Å². The van der Waals surface area contributed by atoms with Gasteiger partial charge in [0.1, 0.15) is 0 Å². The first-order valence-electron chi connectivity index (χ1n) is 5.53. The van der Waals surface area contributed by atoms with E-state index in [-0.39, 0.29) is 12.0 Å². The summed E-state index contributed by atoms with van der Waals surface area (Å²) in [4.78, 5) is 22.2. The Morgan fingerprint density at radius 2 is 1.89 bits per heavy atom. The number of aryl methyl sites for hydroxylation is 1. The number of benzene rings is 1. The molecule has 0 aliphatic carbocycles. The van der Waals surface area contributed by atoms with Gasteiger partial charge in [-0.15, -0.1) is 0 Å². The standard InChI is InChI=1S/C13H12N2O3/c16-12-8-6-10(7-9-13(17)18)14-15(12)11-4-2-1-3-5-11/h1-6,8H,7,9H2,(H,17,18). The lowest BCUT2D eigenvalue weighted by Gasteiger charge is -2.05. The van der Waals surface area contributed by atoms with Gasteiger partial charge in [0, 0.05) is 12.5 Å². The van der Waals surface area contributed by atoms with Crippen LogP contribution >= 0.6 is 0 Å². The van der Waals surface area contributed by atoms with E-state index in [1.165, 1.54) is 10.7 Å². The third kappa shape index (κ3) is 2.82. The molecule has 0 amide bonds. The minimum Gasteiger partial charge on any atom is -0.481 e. The number of hydrogen-bond donors (Lipinski definition) is 1. The van der Waals surface area contributed by atoms with Crippen molar-refractivity contribution in [3.63, 3.8) is 0 Å². The van der Waals surface area contributed by atoms with E-state index in [1.807, 2.05) is 18.2 Å². The Morgan fingerprint density at radius 3 is 2.56 bits per heavy atom. The summed E-state index contributed by atoms with van der Waals surface area (Å²) in [5.41, 5.74) is 1.01. The molecule has 18 heavy (non-hydrogen) atoms. The molecule has 92 valence electrons. The summed E-state index contributed by atoms with van der Waals surface area (Å²) in [5.74, 6) is -0.880. The summed E-state index contributed by atoms with van der Waals surface area (Å²) in [6, 6.07) is 12.0. The second-order valence-corrected chi connectivity index (χ2v) is 3.80. The van der Waals surface area contributed by atoms with Crippen molar-refractivity contribution in [2.45, 2.75) is 12.8 Å². The number of carboxylic acid groups (broad SMARTS) is 1. The fourth-order valence-corrected chi connectivity index (χ4v) is 1.57. The fraction of sp³-hybridized carbons (Fsp3) is 0.154. The largest absolute Gasteiger partial charge is 0.481 e. The van der Waals surface area contributed by atoms with Crippen molar-refractivity contribution in [3.05, 3.63) is 58.5 Å². The molecule has 5 nitrogen and oxygen atoms in total. The van der Waals surface area contributed by atoms with Gasteiger partial charge in [-0.1, -0.05) is 18.2 Å². The number of carbonyl (C=O) groups is 1. The highest BCUT2D eigenvalue weighted by Crippen LogP contribution is 2.03. The first-order chi connectivity index (χ1) is 8.66. The molecule has 1 aromatic carbocycles. The SMILES string of the molecule is O=C(O)CCc1ccc(=O)n(-c2ccccc2)n1. The molecule has 0 unspecified atom stereocenters. The first kappa shape index (κ1) is 12.0. The molecule has 1 N–H and O–H groups in total. The molecule has 0 aliphatic heterocycles. The fourth-order valence-electron chi connectivity index (χ4n) is 1.57. The lowest BCUT2D eigenvalue weighted by Crippen LogP contribution is -2.21. The third-order valence-corrected chi connectivity index (χ3v) is 2.45. The molecule has 5 heteroatoms. The van der Waals surface area contributed by atoms with Crippen LogP contribution in [0.4, 0.5) is 0 Å². The zero-order chi connectivity index (χ0) is 13.0. The lowest BCUT2D eigenvalue weighted by molar-refractivity contribution is -0.136. The van der Waals surface area contributed by atoms with Crippen molar-refractivity contribution in [2.24, 2.45) is 0 Å². The van der Waals surface area contributed by atoms with Crippen molar-refractivity contribution in [1.82, 2.24) is 9.78 Å².